The fraction of sp³-hybridized carbons (Fsp3) is 0.529. The lowest BCUT2D eigenvalue weighted by Crippen LogP contribution is -2.40. The van der Waals surface area contributed by atoms with Gasteiger partial charge < -0.3 is 20.5 Å². The molecule has 0 saturated heterocycles. The second-order valence-corrected chi connectivity index (χ2v) is 5.40. The third kappa shape index (κ3) is 16.0. The quantitative estimate of drug-likeness (QED) is 0.516. The van der Waals surface area contributed by atoms with E-state index in [2.05, 4.69) is 17.2 Å². The molecule has 0 rings (SSSR count). The van der Waals surface area contributed by atoms with Gasteiger partial charge in [0.25, 0.3) is 0 Å². The third-order valence-electron chi connectivity index (χ3n) is 2.01. The van der Waals surface area contributed by atoms with E-state index in [1.54, 1.807) is 32.9 Å². The van der Waals surface area contributed by atoms with E-state index in [0.29, 0.717) is 5.57 Å². The molecule has 0 spiro atoms. The molecular formula is C17H30N2O4. The average Bonchev–Trinajstić information content (AvgIpc) is 2.42. The summed E-state index contributed by atoms with van der Waals surface area (Å²) in [6, 6.07) is 0. The van der Waals surface area contributed by atoms with Gasteiger partial charge in [-0.25, -0.2) is 4.79 Å². The number of aliphatic hydroxyl groups is 1. The van der Waals surface area contributed by atoms with Crippen LogP contribution in [0, 0.1) is 0 Å². The predicted octanol–water partition coefficient (Wildman–Crippen LogP) is 3.23. The summed E-state index contributed by atoms with van der Waals surface area (Å²) in [5.41, 5.74) is 0.0831. The van der Waals surface area contributed by atoms with Gasteiger partial charge in [-0.1, -0.05) is 32.6 Å². The standard InChI is InChI=1S/C15H24N2O4.C2H6/c1-6-7-12(8-11(2)18)9-16-13(19)10-17-14(20)21-15(3,4)5;1-2/h6-8,18H,1,9-10H2,2-5H3,(H,16,19)(H,17,20);1-2H3/b11-8+,12-7+;. The van der Waals surface area contributed by atoms with E-state index in [-0.39, 0.29) is 24.8 Å². The Labute approximate surface area is 139 Å². The summed E-state index contributed by atoms with van der Waals surface area (Å²) in [6.45, 7) is 14.3. The normalized spacial score (nSPS) is 11.7. The lowest BCUT2D eigenvalue weighted by molar-refractivity contribution is -0.120. The van der Waals surface area contributed by atoms with Crippen LogP contribution >= 0.6 is 0 Å². The molecule has 0 saturated carbocycles. The van der Waals surface area contributed by atoms with Gasteiger partial charge in [-0.3, -0.25) is 4.79 Å². The molecule has 3 N–H and O–H groups in total. The van der Waals surface area contributed by atoms with Gasteiger partial charge in [-0.05, 0) is 39.3 Å². The molecule has 0 aliphatic rings. The Morgan fingerprint density at radius 2 is 1.74 bits per heavy atom. The summed E-state index contributed by atoms with van der Waals surface area (Å²) in [6.07, 6.45) is 4.09. The summed E-state index contributed by atoms with van der Waals surface area (Å²) in [5, 5.41) is 14.2. The van der Waals surface area contributed by atoms with Crippen molar-refractivity contribution < 1.29 is 19.4 Å². The zero-order valence-corrected chi connectivity index (χ0v) is 15.0. The fourth-order valence-corrected chi connectivity index (χ4v) is 1.31. The Balaban J connectivity index is 0. The van der Waals surface area contributed by atoms with Crippen LogP contribution in [-0.2, 0) is 9.53 Å². The Kier molecular flexibility index (Phi) is 12.3. The maximum Gasteiger partial charge on any atom is 0.408 e. The number of nitrogens with one attached hydrogen (secondary N) is 2. The van der Waals surface area contributed by atoms with E-state index in [1.807, 2.05) is 13.8 Å². The van der Waals surface area contributed by atoms with Gasteiger partial charge in [0.15, 0.2) is 0 Å². The molecule has 0 aliphatic carbocycles. The zero-order chi connectivity index (χ0) is 18.5. The van der Waals surface area contributed by atoms with Gasteiger partial charge in [0, 0.05) is 6.54 Å². The molecule has 0 aromatic carbocycles. The Morgan fingerprint density at radius 3 is 2.17 bits per heavy atom. The SMILES string of the molecule is C=C/C=C(\C=C(/C)O)CNC(=O)CNC(=O)OC(C)(C)C.CC. The molecule has 0 radical (unpaired) electrons. The third-order valence-corrected chi connectivity index (χ3v) is 2.01. The minimum Gasteiger partial charge on any atom is -0.513 e. The molecule has 0 aromatic rings. The van der Waals surface area contributed by atoms with Gasteiger partial charge in [0.1, 0.15) is 12.1 Å². The van der Waals surface area contributed by atoms with Crippen molar-refractivity contribution in [3.63, 3.8) is 0 Å². The molecule has 0 aliphatic heterocycles. The van der Waals surface area contributed by atoms with E-state index in [4.69, 9.17) is 4.74 Å². The molecule has 0 fully saturated rings. The van der Waals surface area contributed by atoms with Gasteiger partial charge in [0.2, 0.25) is 5.91 Å². The number of amides is 2. The molecule has 0 atom stereocenters. The summed E-state index contributed by atoms with van der Waals surface area (Å²) in [5.74, 6) is -0.232. The van der Waals surface area contributed by atoms with Crippen molar-refractivity contribution in [1.82, 2.24) is 10.6 Å². The summed E-state index contributed by atoms with van der Waals surface area (Å²) in [7, 11) is 0. The molecule has 0 bridgehead atoms. The highest BCUT2D eigenvalue weighted by Gasteiger charge is 2.16. The van der Waals surface area contributed by atoms with Crippen molar-refractivity contribution in [2.45, 2.75) is 47.1 Å². The minimum absolute atomic E-state index is 0.129. The van der Waals surface area contributed by atoms with Crippen LogP contribution in [0.25, 0.3) is 0 Å². The van der Waals surface area contributed by atoms with Crippen molar-refractivity contribution in [1.29, 1.82) is 0 Å². The van der Waals surface area contributed by atoms with E-state index in [0.717, 1.165) is 0 Å². The number of alkyl carbamates (subject to hydrolysis) is 1. The number of carbonyl (C=O) groups excluding carboxylic acids is 2. The molecule has 132 valence electrons. The van der Waals surface area contributed by atoms with Crippen LogP contribution in [0.2, 0.25) is 0 Å². The van der Waals surface area contributed by atoms with Crippen LogP contribution in [0.4, 0.5) is 4.79 Å². The maximum atomic E-state index is 11.6. The first-order valence-corrected chi connectivity index (χ1v) is 7.56. The fourth-order valence-electron chi connectivity index (χ4n) is 1.31. The van der Waals surface area contributed by atoms with Gasteiger partial charge in [-0.15, -0.1) is 0 Å². The van der Waals surface area contributed by atoms with Crippen molar-refractivity contribution in [3.8, 4) is 0 Å². The first-order chi connectivity index (χ1) is 10.6. The van der Waals surface area contributed by atoms with Crippen molar-refractivity contribution in [3.05, 3.63) is 36.1 Å². The lowest BCUT2D eigenvalue weighted by atomic mass is 10.2. The molecule has 0 aromatic heterocycles. The van der Waals surface area contributed by atoms with Crippen LogP contribution < -0.4 is 10.6 Å². The summed E-state index contributed by atoms with van der Waals surface area (Å²) < 4.78 is 5.01. The van der Waals surface area contributed by atoms with Crippen LogP contribution in [0.15, 0.2) is 36.1 Å². The monoisotopic (exact) mass is 326 g/mol. The number of allylic oxidation sites excluding steroid dienone is 3. The first-order valence-electron chi connectivity index (χ1n) is 7.56. The number of rotatable bonds is 6. The van der Waals surface area contributed by atoms with Crippen molar-refractivity contribution >= 4 is 12.0 Å². The van der Waals surface area contributed by atoms with Crippen molar-refractivity contribution in [2.75, 3.05) is 13.1 Å². The number of hydrogen-bond acceptors (Lipinski definition) is 4. The predicted molar refractivity (Wildman–Crippen MR) is 93.3 cm³/mol. The molecule has 6 heteroatoms. The smallest absolute Gasteiger partial charge is 0.408 e. The van der Waals surface area contributed by atoms with Gasteiger partial charge in [0.05, 0.1) is 5.76 Å². The highest BCUT2D eigenvalue weighted by Crippen LogP contribution is 2.06. The Hall–Kier alpha value is -2.24. The number of aliphatic hydroxyl groups excluding tert-OH is 1. The first kappa shape index (κ1) is 23.0. The zero-order valence-electron chi connectivity index (χ0n) is 15.0. The van der Waals surface area contributed by atoms with Crippen LogP contribution in [0.3, 0.4) is 0 Å². The number of carbonyl (C=O) groups is 2. The van der Waals surface area contributed by atoms with Crippen LogP contribution in [0.1, 0.15) is 41.5 Å². The minimum atomic E-state index is -0.648. The van der Waals surface area contributed by atoms with Gasteiger partial charge in [-0.2, -0.15) is 0 Å². The van der Waals surface area contributed by atoms with Crippen LogP contribution in [-0.4, -0.2) is 35.8 Å². The highest BCUT2D eigenvalue weighted by molar-refractivity contribution is 5.82. The average molecular weight is 326 g/mol. The highest BCUT2D eigenvalue weighted by atomic mass is 16.6. The second-order valence-electron chi connectivity index (χ2n) is 5.40. The number of hydrogen-bond donors (Lipinski definition) is 3. The molecular weight excluding hydrogens is 296 g/mol. The summed E-state index contributed by atoms with van der Waals surface area (Å²) >= 11 is 0. The molecule has 0 unspecified atom stereocenters. The summed E-state index contributed by atoms with van der Waals surface area (Å²) in [4.78, 5) is 23.0. The molecule has 23 heavy (non-hydrogen) atoms. The van der Waals surface area contributed by atoms with Crippen LogP contribution in [0.5, 0.6) is 0 Å². The largest absolute Gasteiger partial charge is 0.513 e. The molecule has 6 nitrogen and oxygen atoms in total. The van der Waals surface area contributed by atoms with Gasteiger partial charge >= 0.3 is 6.09 Å². The van der Waals surface area contributed by atoms with E-state index >= 15 is 0 Å². The Bertz CT molecular complexity index is 442. The topological polar surface area (TPSA) is 87.7 Å². The molecule has 2 amide bonds. The molecule has 0 heterocycles. The van der Waals surface area contributed by atoms with Crippen molar-refractivity contribution in [2.24, 2.45) is 0 Å². The number of ether oxygens (including phenoxy) is 1. The van der Waals surface area contributed by atoms with E-state index in [9.17, 15) is 14.7 Å². The van der Waals surface area contributed by atoms with E-state index < -0.39 is 11.7 Å². The second kappa shape index (κ2) is 12.3. The Morgan fingerprint density at radius 1 is 1.17 bits per heavy atom. The van der Waals surface area contributed by atoms with E-state index in [1.165, 1.54) is 13.0 Å². The maximum absolute atomic E-state index is 11.6. The lowest BCUT2D eigenvalue weighted by Gasteiger charge is -2.19.